The van der Waals surface area contributed by atoms with E-state index in [9.17, 15) is 10.1 Å². The number of nitro benzene ring substituents is 1. The molecule has 1 aromatic heterocycles. The van der Waals surface area contributed by atoms with Gasteiger partial charge < -0.3 is 5.32 Å². The van der Waals surface area contributed by atoms with Crippen molar-refractivity contribution < 1.29 is 4.92 Å². The van der Waals surface area contributed by atoms with Crippen molar-refractivity contribution in [3.63, 3.8) is 0 Å². The van der Waals surface area contributed by atoms with Crippen LogP contribution in [0.25, 0.3) is 0 Å². The van der Waals surface area contributed by atoms with Crippen LogP contribution in [0.15, 0.2) is 42.6 Å². The predicted molar refractivity (Wildman–Crippen MR) is 69.4 cm³/mol. The average Bonchev–Trinajstić information content (AvgIpc) is 2.46. The number of benzene rings is 1. The lowest BCUT2D eigenvalue weighted by Crippen LogP contribution is -2.01. The second-order valence-electron chi connectivity index (χ2n) is 3.82. The van der Waals surface area contributed by atoms with Crippen LogP contribution in [-0.2, 0) is 6.54 Å². The summed E-state index contributed by atoms with van der Waals surface area (Å²) in [5.41, 5.74) is 1.49. The summed E-state index contributed by atoms with van der Waals surface area (Å²) in [5.74, 6) is 0.595. The minimum atomic E-state index is -0.435. The number of hydrogen-bond donors (Lipinski definition) is 1. The van der Waals surface area contributed by atoms with Gasteiger partial charge in [0.1, 0.15) is 5.82 Å². The van der Waals surface area contributed by atoms with Crippen molar-refractivity contribution in [2.45, 2.75) is 6.54 Å². The van der Waals surface area contributed by atoms with Crippen LogP contribution < -0.4 is 5.32 Å². The molecular formula is C13H10N4O2. The third-order valence-corrected chi connectivity index (χ3v) is 2.51. The van der Waals surface area contributed by atoms with Gasteiger partial charge in [-0.15, -0.1) is 0 Å². The highest BCUT2D eigenvalue weighted by Gasteiger charge is 2.04. The van der Waals surface area contributed by atoms with Crippen LogP contribution in [-0.4, -0.2) is 9.91 Å². The van der Waals surface area contributed by atoms with Crippen LogP contribution >= 0.6 is 0 Å². The number of nitrogens with one attached hydrogen (secondary N) is 1. The largest absolute Gasteiger partial charge is 0.366 e. The van der Waals surface area contributed by atoms with Crippen molar-refractivity contribution >= 4 is 11.5 Å². The Hall–Kier alpha value is -2.94. The van der Waals surface area contributed by atoms with Crippen molar-refractivity contribution in [2.24, 2.45) is 0 Å². The van der Waals surface area contributed by atoms with Crippen LogP contribution in [0, 0.1) is 21.4 Å². The fourth-order valence-electron chi connectivity index (χ4n) is 1.52. The molecule has 0 aliphatic carbocycles. The maximum Gasteiger partial charge on any atom is 0.269 e. The first kappa shape index (κ1) is 12.5. The zero-order chi connectivity index (χ0) is 13.7. The summed E-state index contributed by atoms with van der Waals surface area (Å²) in [6.45, 7) is 0.486. The van der Waals surface area contributed by atoms with Crippen molar-refractivity contribution in [3.8, 4) is 6.07 Å². The van der Waals surface area contributed by atoms with Gasteiger partial charge in [-0.1, -0.05) is 12.1 Å². The van der Waals surface area contributed by atoms with Gasteiger partial charge in [0.2, 0.25) is 0 Å². The molecular weight excluding hydrogens is 244 g/mol. The lowest BCUT2D eigenvalue weighted by Gasteiger charge is -2.05. The minimum absolute atomic E-state index is 0.0633. The molecule has 94 valence electrons. The number of hydrogen-bond acceptors (Lipinski definition) is 5. The number of nitro groups is 1. The molecule has 0 radical (unpaired) electrons. The Bertz CT molecular complexity index is 632. The Morgan fingerprint density at radius 1 is 1.32 bits per heavy atom. The van der Waals surface area contributed by atoms with E-state index in [2.05, 4.69) is 10.3 Å². The fraction of sp³-hybridized carbons (Fsp3) is 0.0769. The Balaban J connectivity index is 2.02. The molecule has 0 saturated carbocycles. The number of nitriles is 1. The second-order valence-corrected chi connectivity index (χ2v) is 3.82. The lowest BCUT2D eigenvalue weighted by molar-refractivity contribution is -0.384. The first-order chi connectivity index (χ1) is 9.19. The van der Waals surface area contributed by atoms with Gasteiger partial charge in [0.15, 0.2) is 0 Å². The molecule has 0 amide bonds. The fourth-order valence-corrected chi connectivity index (χ4v) is 1.52. The Labute approximate surface area is 109 Å². The molecule has 0 spiro atoms. The van der Waals surface area contributed by atoms with Crippen LogP contribution in [0.2, 0.25) is 0 Å². The Morgan fingerprint density at radius 2 is 2.05 bits per heavy atom. The minimum Gasteiger partial charge on any atom is -0.366 e. The van der Waals surface area contributed by atoms with Gasteiger partial charge in [-0.3, -0.25) is 10.1 Å². The molecule has 1 heterocycles. The van der Waals surface area contributed by atoms with Crippen LogP contribution in [0.1, 0.15) is 11.1 Å². The summed E-state index contributed by atoms with van der Waals surface area (Å²) in [6, 6.07) is 11.6. The van der Waals surface area contributed by atoms with Crippen molar-refractivity contribution in [1.82, 2.24) is 4.98 Å². The van der Waals surface area contributed by atoms with Crippen LogP contribution in [0.5, 0.6) is 0 Å². The molecule has 2 rings (SSSR count). The maximum atomic E-state index is 10.5. The Kier molecular flexibility index (Phi) is 3.69. The summed E-state index contributed by atoms with van der Waals surface area (Å²) >= 11 is 0. The molecule has 0 saturated heterocycles. The molecule has 0 aliphatic rings. The SMILES string of the molecule is N#Cc1ccnc(NCc2ccc([N+](=O)[O-])cc2)c1. The van der Waals surface area contributed by atoms with E-state index in [4.69, 9.17) is 5.26 Å². The molecule has 1 N–H and O–H groups in total. The topological polar surface area (TPSA) is 91.8 Å². The second kappa shape index (κ2) is 5.60. The highest BCUT2D eigenvalue weighted by molar-refractivity contribution is 5.43. The third-order valence-electron chi connectivity index (χ3n) is 2.51. The standard InChI is InChI=1S/C13H10N4O2/c14-8-11-5-6-15-13(7-11)16-9-10-1-3-12(4-2-10)17(18)19/h1-7H,9H2,(H,15,16). The zero-order valence-corrected chi connectivity index (χ0v) is 9.91. The molecule has 19 heavy (non-hydrogen) atoms. The van der Waals surface area contributed by atoms with E-state index in [1.807, 2.05) is 6.07 Å². The summed E-state index contributed by atoms with van der Waals surface area (Å²) in [5, 5.41) is 22.3. The van der Waals surface area contributed by atoms with E-state index < -0.39 is 4.92 Å². The van der Waals surface area contributed by atoms with Crippen LogP contribution in [0.3, 0.4) is 0 Å². The molecule has 1 aromatic carbocycles. The highest BCUT2D eigenvalue weighted by Crippen LogP contribution is 2.13. The number of nitrogens with zero attached hydrogens (tertiary/aromatic N) is 3. The number of pyridine rings is 1. The first-order valence-corrected chi connectivity index (χ1v) is 5.52. The van der Waals surface area contributed by atoms with Gasteiger partial charge in [0.25, 0.3) is 5.69 Å². The summed E-state index contributed by atoms with van der Waals surface area (Å²) < 4.78 is 0. The molecule has 2 aromatic rings. The van der Waals surface area contributed by atoms with Gasteiger partial charge in [-0.05, 0) is 17.7 Å². The molecule has 0 aliphatic heterocycles. The summed E-state index contributed by atoms with van der Waals surface area (Å²) in [7, 11) is 0. The molecule has 6 heteroatoms. The predicted octanol–water partition coefficient (Wildman–Crippen LogP) is 2.47. The highest BCUT2D eigenvalue weighted by atomic mass is 16.6. The van der Waals surface area contributed by atoms with Crippen molar-refractivity contribution in [1.29, 1.82) is 5.26 Å². The molecule has 0 atom stereocenters. The molecule has 0 bridgehead atoms. The zero-order valence-electron chi connectivity index (χ0n) is 9.91. The lowest BCUT2D eigenvalue weighted by atomic mass is 10.2. The van der Waals surface area contributed by atoms with E-state index in [0.29, 0.717) is 17.9 Å². The number of aromatic nitrogens is 1. The first-order valence-electron chi connectivity index (χ1n) is 5.52. The average molecular weight is 254 g/mol. The maximum absolute atomic E-state index is 10.5. The molecule has 6 nitrogen and oxygen atoms in total. The van der Waals surface area contributed by atoms with E-state index in [1.54, 1.807) is 30.5 Å². The van der Waals surface area contributed by atoms with Gasteiger partial charge in [0, 0.05) is 24.9 Å². The summed E-state index contributed by atoms with van der Waals surface area (Å²) in [6.07, 6.45) is 1.55. The third kappa shape index (κ3) is 3.26. The number of anilines is 1. The molecule has 0 unspecified atom stereocenters. The number of rotatable bonds is 4. The van der Waals surface area contributed by atoms with E-state index in [1.165, 1.54) is 12.1 Å². The van der Waals surface area contributed by atoms with E-state index in [0.717, 1.165) is 5.56 Å². The number of non-ortho nitro benzene ring substituents is 1. The van der Waals surface area contributed by atoms with Crippen LogP contribution in [0.4, 0.5) is 11.5 Å². The van der Waals surface area contributed by atoms with Gasteiger partial charge >= 0.3 is 0 Å². The van der Waals surface area contributed by atoms with Gasteiger partial charge in [-0.2, -0.15) is 5.26 Å². The quantitative estimate of drug-likeness (QED) is 0.668. The van der Waals surface area contributed by atoms with Gasteiger partial charge in [0.05, 0.1) is 16.6 Å². The van der Waals surface area contributed by atoms with Crippen molar-refractivity contribution in [2.75, 3.05) is 5.32 Å². The van der Waals surface area contributed by atoms with Crippen molar-refractivity contribution in [3.05, 3.63) is 63.8 Å². The van der Waals surface area contributed by atoms with Gasteiger partial charge in [-0.25, -0.2) is 4.98 Å². The molecule has 0 fully saturated rings. The Morgan fingerprint density at radius 3 is 2.68 bits per heavy atom. The summed E-state index contributed by atoms with van der Waals surface area (Å²) in [4.78, 5) is 14.2. The normalized spacial score (nSPS) is 9.63. The smallest absolute Gasteiger partial charge is 0.269 e. The monoisotopic (exact) mass is 254 g/mol. The van der Waals surface area contributed by atoms with E-state index in [-0.39, 0.29) is 5.69 Å². The van der Waals surface area contributed by atoms with E-state index >= 15 is 0 Å².